The number of hydrogen-bond acceptors (Lipinski definition) is 3. The molecule has 0 amide bonds. The molecule has 0 radical (unpaired) electrons. The van der Waals surface area contributed by atoms with Crippen LogP contribution in [0.3, 0.4) is 0 Å². The molecule has 0 saturated carbocycles. The maximum Gasteiger partial charge on any atom is 0.122 e. The molecule has 0 aliphatic carbocycles. The van der Waals surface area contributed by atoms with Crippen molar-refractivity contribution in [1.29, 1.82) is 0 Å². The van der Waals surface area contributed by atoms with Gasteiger partial charge >= 0.3 is 0 Å². The lowest BCUT2D eigenvalue weighted by Crippen LogP contribution is -2.51. The molecule has 1 unspecified atom stereocenters. The Labute approximate surface area is 109 Å². The van der Waals surface area contributed by atoms with Crippen LogP contribution in [0.4, 0.5) is 0 Å². The Hall–Kier alpha value is -1.06. The predicted molar refractivity (Wildman–Crippen MR) is 72.9 cm³/mol. The second-order valence-corrected chi connectivity index (χ2v) is 6.15. The van der Waals surface area contributed by atoms with Crippen molar-refractivity contribution in [2.24, 2.45) is 5.73 Å². The molecule has 0 saturated heterocycles. The van der Waals surface area contributed by atoms with Gasteiger partial charge < -0.3 is 15.2 Å². The third-order valence-electron chi connectivity index (χ3n) is 3.17. The van der Waals surface area contributed by atoms with Gasteiger partial charge in [-0.2, -0.15) is 0 Å². The first-order chi connectivity index (χ1) is 8.38. The van der Waals surface area contributed by atoms with E-state index in [0.717, 1.165) is 18.6 Å². The van der Waals surface area contributed by atoms with Crippen LogP contribution in [0.2, 0.25) is 0 Å². The number of fused-ring (bicyclic) bond motifs is 1. The fourth-order valence-electron chi connectivity index (χ4n) is 2.16. The average Bonchev–Trinajstić information content (AvgIpc) is 2.27. The summed E-state index contributed by atoms with van der Waals surface area (Å²) in [7, 11) is 0. The molecule has 1 heterocycles. The van der Waals surface area contributed by atoms with E-state index in [9.17, 15) is 0 Å². The number of para-hydroxylation sites is 1. The first-order valence-corrected chi connectivity index (χ1v) is 6.52. The van der Waals surface area contributed by atoms with Crippen LogP contribution in [0.15, 0.2) is 24.3 Å². The van der Waals surface area contributed by atoms with E-state index in [4.69, 9.17) is 15.2 Å². The minimum atomic E-state index is -0.306. The van der Waals surface area contributed by atoms with Crippen LogP contribution in [0.1, 0.15) is 32.8 Å². The molecule has 0 bridgehead atoms. The molecular weight excluding hydrogens is 226 g/mol. The Bertz CT molecular complexity index is 411. The molecule has 1 aromatic rings. The van der Waals surface area contributed by atoms with Crippen molar-refractivity contribution in [1.82, 2.24) is 0 Å². The number of nitrogens with two attached hydrogens (primary N) is 1. The SMILES string of the molecule is CC(C)(C)OCCC1(N)COc2ccccc2C1. The smallest absolute Gasteiger partial charge is 0.122 e. The zero-order valence-electron chi connectivity index (χ0n) is 11.5. The normalized spacial score (nSPS) is 23.3. The molecule has 18 heavy (non-hydrogen) atoms. The summed E-state index contributed by atoms with van der Waals surface area (Å²) in [6.45, 7) is 7.41. The second kappa shape index (κ2) is 4.90. The fourth-order valence-corrected chi connectivity index (χ4v) is 2.16. The molecule has 3 nitrogen and oxygen atoms in total. The Morgan fingerprint density at radius 1 is 1.33 bits per heavy atom. The Morgan fingerprint density at radius 3 is 2.78 bits per heavy atom. The number of benzene rings is 1. The van der Waals surface area contributed by atoms with Crippen LogP contribution in [-0.2, 0) is 11.2 Å². The first kappa shape index (κ1) is 13.4. The van der Waals surface area contributed by atoms with Gasteiger partial charge in [-0.25, -0.2) is 0 Å². The standard InChI is InChI=1S/C15H23NO2/c1-14(2,3)18-9-8-15(16)10-12-6-4-5-7-13(12)17-11-15/h4-7H,8-11,16H2,1-3H3. The summed E-state index contributed by atoms with van der Waals surface area (Å²) in [5.74, 6) is 0.968. The zero-order valence-corrected chi connectivity index (χ0v) is 11.5. The van der Waals surface area contributed by atoms with Crippen LogP contribution in [0.5, 0.6) is 5.75 Å². The van der Waals surface area contributed by atoms with Gasteiger partial charge in [0.05, 0.1) is 11.1 Å². The van der Waals surface area contributed by atoms with E-state index < -0.39 is 0 Å². The monoisotopic (exact) mass is 249 g/mol. The van der Waals surface area contributed by atoms with Crippen molar-refractivity contribution in [3.63, 3.8) is 0 Å². The third kappa shape index (κ3) is 3.47. The van der Waals surface area contributed by atoms with Gasteiger partial charge in [0.15, 0.2) is 0 Å². The quantitative estimate of drug-likeness (QED) is 0.895. The van der Waals surface area contributed by atoms with E-state index in [0.29, 0.717) is 13.2 Å². The molecule has 1 aliphatic rings. The largest absolute Gasteiger partial charge is 0.491 e. The van der Waals surface area contributed by atoms with Crippen LogP contribution in [-0.4, -0.2) is 24.4 Å². The summed E-state index contributed by atoms with van der Waals surface area (Å²) in [4.78, 5) is 0. The van der Waals surface area contributed by atoms with Crippen molar-refractivity contribution >= 4 is 0 Å². The average molecular weight is 249 g/mol. The fraction of sp³-hybridized carbons (Fsp3) is 0.600. The molecule has 2 rings (SSSR count). The minimum Gasteiger partial charge on any atom is -0.491 e. The van der Waals surface area contributed by atoms with Gasteiger partial charge in [-0.1, -0.05) is 18.2 Å². The second-order valence-electron chi connectivity index (χ2n) is 6.15. The van der Waals surface area contributed by atoms with Gasteiger partial charge in [0.1, 0.15) is 12.4 Å². The highest BCUT2D eigenvalue weighted by atomic mass is 16.5. The molecular formula is C15H23NO2. The van der Waals surface area contributed by atoms with Crippen molar-refractivity contribution in [3.8, 4) is 5.75 Å². The van der Waals surface area contributed by atoms with Crippen molar-refractivity contribution in [2.75, 3.05) is 13.2 Å². The minimum absolute atomic E-state index is 0.107. The number of hydrogen-bond donors (Lipinski definition) is 1. The number of rotatable bonds is 3. The summed E-state index contributed by atoms with van der Waals surface area (Å²) < 4.78 is 11.5. The molecule has 100 valence electrons. The van der Waals surface area contributed by atoms with Gasteiger partial charge in [-0.05, 0) is 45.2 Å². The molecule has 1 atom stereocenters. The van der Waals surface area contributed by atoms with Crippen LogP contribution >= 0.6 is 0 Å². The van der Waals surface area contributed by atoms with Gasteiger partial charge in [0.25, 0.3) is 0 Å². The Kier molecular flexibility index (Phi) is 3.64. The van der Waals surface area contributed by atoms with E-state index >= 15 is 0 Å². The highest BCUT2D eigenvalue weighted by Crippen LogP contribution is 2.29. The summed E-state index contributed by atoms with van der Waals surface area (Å²) in [5, 5.41) is 0. The lowest BCUT2D eigenvalue weighted by molar-refractivity contribution is -0.0152. The Morgan fingerprint density at radius 2 is 2.06 bits per heavy atom. The van der Waals surface area contributed by atoms with Gasteiger partial charge in [-0.3, -0.25) is 0 Å². The lowest BCUT2D eigenvalue weighted by atomic mass is 9.87. The van der Waals surface area contributed by atoms with Crippen LogP contribution < -0.4 is 10.5 Å². The third-order valence-corrected chi connectivity index (χ3v) is 3.17. The number of ether oxygens (including phenoxy) is 2. The molecule has 0 fully saturated rings. The first-order valence-electron chi connectivity index (χ1n) is 6.52. The highest BCUT2D eigenvalue weighted by Gasteiger charge is 2.32. The van der Waals surface area contributed by atoms with Crippen LogP contribution in [0, 0.1) is 0 Å². The molecule has 0 spiro atoms. The summed E-state index contributed by atoms with van der Waals surface area (Å²) in [5.41, 5.74) is 7.18. The summed E-state index contributed by atoms with van der Waals surface area (Å²) in [6.07, 6.45) is 1.68. The lowest BCUT2D eigenvalue weighted by Gasteiger charge is -2.35. The maximum absolute atomic E-state index is 6.40. The summed E-state index contributed by atoms with van der Waals surface area (Å²) in [6, 6.07) is 8.10. The molecule has 0 aromatic heterocycles. The molecule has 3 heteroatoms. The van der Waals surface area contributed by atoms with E-state index in [-0.39, 0.29) is 11.1 Å². The Balaban J connectivity index is 1.94. The summed E-state index contributed by atoms with van der Waals surface area (Å²) >= 11 is 0. The van der Waals surface area contributed by atoms with Gasteiger partial charge in [-0.15, -0.1) is 0 Å². The van der Waals surface area contributed by atoms with Crippen molar-refractivity contribution in [2.45, 2.75) is 44.8 Å². The topological polar surface area (TPSA) is 44.5 Å². The van der Waals surface area contributed by atoms with Crippen LogP contribution in [0.25, 0.3) is 0 Å². The molecule has 2 N–H and O–H groups in total. The van der Waals surface area contributed by atoms with E-state index in [1.54, 1.807) is 0 Å². The molecule has 1 aromatic carbocycles. The van der Waals surface area contributed by atoms with Crippen molar-refractivity contribution in [3.05, 3.63) is 29.8 Å². The van der Waals surface area contributed by atoms with E-state index in [1.165, 1.54) is 5.56 Å². The predicted octanol–water partition coefficient (Wildman–Crippen LogP) is 2.52. The maximum atomic E-state index is 6.40. The van der Waals surface area contributed by atoms with E-state index in [1.807, 2.05) is 18.2 Å². The highest BCUT2D eigenvalue weighted by molar-refractivity contribution is 5.36. The van der Waals surface area contributed by atoms with Gasteiger partial charge in [0.2, 0.25) is 0 Å². The zero-order chi connectivity index (χ0) is 13.2. The van der Waals surface area contributed by atoms with Crippen molar-refractivity contribution < 1.29 is 9.47 Å². The van der Waals surface area contributed by atoms with Gasteiger partial charge in [0, 0.05) is 6.61 Å². The van der Waals surface area contributed by atoms with E-state index in [2.05, 4.69) is 26.8 Å². The molecule has 1 aliphatic heterocycles.